The lowest BCUT2D eigenvalue weighted by molar-refractivity contribution is -0.132. The number of hydrogen-bond acceptors (Lipinski definition) is 5. The van der Waals surface area contributed by atoms with Gasteiger partial charge in [-0.3, -0.25) is 9.59 Å². The second-order valence-corrected chi connectivity index (χ2v) is 5.86. The maximum absolute atomic E-state index is 12.2. The van der Waals surface area contributed by atoms with Gasteiger partial charge >= 0.3 is 0 Å². The standard InChI is InChI=1S/C13H21N5O2S/c1-21-9-13(20)18-5-2-4-17(7-8-18)12(19)3-6-16-10-14-15-11-16/h10-11H,2-9H2,1H3. The fraction of sp³-hybridized carbons (Fsp3) is 0.692. The fourth-order valence-electron chi connectivity index (χ4n) is 2.35. The number of nitrogens with zero attached hydrogens (tertiary/aromatic N) is 5. The number of carbonyl (C=O) groups is 2. The minimum atomic E-state index is 0.128. The van der Waals surface area contributed by atoms with E-state index in [-0.39, 0.29) is 11.8 Å². The van der Waals surface area contributed by atoms with Gasteiger partial charge in [0.05, 0.1) is 5.75 Å². The molecule has 7 nitrogen and oxygen atoms in total. The van der Waals surface area contributed by atoms with Crippen molar-refractivity contribution in [2.75, 3.05) is 38.2 Å². The Morgan fingerprint density at radius 2 is 1.67 bits per heavy atom. The monoisotopic (exact) mass is 311 g/mol. The highest BCUT2D eigenvalue weighted by molar-refractivity contribution is 7.99. The molecule has 1 aromatic heterocycles. The van der Waals surface area contributed by atoms with Gasteiger partial charge in [-0.15, -0.1) is 10.2 Å². The third kappa shape index (κ3) is 4.73. The molecule has 1 fully saturated rings. The van der Waals surface area contributed by atoms with Crippen molar-refractivity contribution in [2.24, 2.45) is 0 Å². The summed E-state index contributed by atoms with van der Waals surface area (Å²) in [5.41, 5.74) is 0. The van der Waals surface area contributed by atoms with Gasteiger partial charge in [0.25, 0.3) is 0 Å². The lowest BCUT2D eigenvalue weighted by Crippen LogP contribution is -2.38. The molecule has 1 aliphatic heterocycles. The highest BCUT2D eigenvalue weighted by atomic mass is 32.2. The molecule has 116 valence electrons. The van der Waals surface area contributed by atoms with Crippen molar-refractivity contribution in [1.82, 2.24) is 24.6 Å². The zero-order chi connectivity index (χ0) is 15.1. The summed E-state index contributed by atoms with van der Waals surface area (Å²) in [6.07, 6.45) is 6.43. The van der Waals surface area contributed by atoms with E-state index in [2.05, 4.69) is 10.2 Å². The molecule has 0 radical (unpaired) electrons. The Bertz CT molecular complexity index is 465. The number of hydrogen-bond donors (Lipinski definition) is 0. The highest BCUT2D eigenvalue weighted by Crippen LogP contribution is 2.07. The number of rotatable bonds is 5. The molecule has 0 unspecified atom stereocenters. The Hall–Kier alpha value is -1.57. The number of thioether (sulfide) groups is 1. The predicted molar refractivity (Wildman–Crippen MR) is 80.8 cm³/mol. The van der Waals surface area contributed by atoms with E-state index in [1.54, 1.807) is 17.2 Å². The first kappa shape index (κ1) is 15.8. The van der Waals surface area contributed by atoms with E-state index in [9.17, 15) is 9.59 Å². The summed E-state index contributed by atoms with van der Waals surface area (Å²) in [4.78, 5) is 27.8. The first-order valence-electron chi connectivity index (χ1n) is 7.07. The molecule has 0 N–H and O–H groups in total. The van der Waals surface area contributed by atoms with Gasteiger partial charge in [-0.1, -0.05) is 0 Å². The number of carbonyl (C=O) groups excluding carboxylic acids is 2. The van der Waals surface area contributed by atoms with Crippen LogP contribution in [0.4, 0.5) is 0 Å². The Morgan fingerprint density at radius 1 is 1.05 bits per heavy atom. The lowest BCUT2D eigenvalue weighted by Gasteiger charge is -2.22. The summed E-state index contributed by atoms with van der Waals surface area (Å²) in [5.74, 6) is 0.811. The van der Waals surface area contributed by atoms with Gasteiger partial charge in [-0.05, 0) is 12.7 Å². The summed E-state index contributed by atoms with van der Waals surface area (Å²) < 4.78 is 1.80. The summed E-state index contributed by atoms with van der Waals surface area (Å²) in [6.45, 7) is 3.33. The van der Waals surface area contributed by atoms with Crippen LogP contribution in [0.25, 0.3) is 0 Å². The minimum absolute atomic E-state index is 0.128. The van der Waals surface area contributed by atoms with Crippen LogP contribution in [0.2, 0.25) is 0 Å². The topological polar surface area (TPSA) is 71.3 Å². The molecule has 2 rings (SSSR count). The number of aryl methyl sites for hydroxylation is 1. The zero-order valence-electron chi connectivity index (χ0n) is 12.3. The second kappa shape index (κ2) is 8.02. The molecule has 21 heavy (non-hydrogen) atoms. The van der Waals surface area contributed by atoms with Gasteiger partial charge in [0.2, 0.25) is 11.8 Å². The Balaban J connectivity index is 1.79. The van der Waals surface area contributed by atoms with Gasteiger partial charge in [0.15, 0.2) is 0 Å². The van der Waals surface area contributed by atoms with E-state index in [0.717, 1.165) is 19.5 Å². The van der Waals surface area contributed by atoms with Crippen molar-refractivity contribution < 1.29 is 9.59 Å². The Morgan fingerprint density at radius 3 is 2.29 bits per heavy atom. The summed E-state index contributed by atoms with van der Waals surface area (Å²) in [7, 11) is 0. The summed E-state index contributed by atoms with van der Waals surface area (Å²) in [6, 6.07) is 0. The van der Waals surface area contributed by atoms with Crippen molar-refractivity contribution in [3.05, 3.63) is 12.7 Å². The normalized spacial score (nSPS) is 15.9. The van der Waals surface area contributed by atoms with E-state index in [0.29, 0.717) is 31.8 Å². The minimum Gasteiger partial charge on any atom is -0.341 e. The van der Waals surface area contributed by atoms with Crippen LogP contribution in [0.1, 0.15) is 12.8 Å². The summed E-state index contributed by atoms with van der Waals surface area (Å²) in [5, 5.41) is 7.43. The first-order valence-corrected chi connectivity index (χ1v) is 8.47. The lowest BCUT2D eigenvalue weighted by atomic mass is 10.3. The third-order valence-electron chi connectivity index (χ3n) is 3.52. The summed E-state index contributed by atoms with van der Waals surface area (Å²) >= 11 is 1.54. The van der Waals surface area contributed by atoms with E-state index in [1.165, 1.54) is 11.8 Å². The van der Waals surface area contributed by atoms with Crippen LogP contribution < -0.4 is 0 Å². The van der Waals surface area contributed by atoms with Crippen LogP contribution in [0.5, 0.6) is 0 Å². The van der Waals surface area contributed by atoms with Crippen molar-refractivity contribution in [3.63, 3.8) is 0 Å². The van der Waals surface area contributed by atoms with Crippen LogP contribution >= 0.6 is 11.8 Å². The molecule has 1 aliphatic rings. The molecular formula is C13H21N5O2S. The zero-order valence-corrected chi connectivity index (χ0v) is 13.1. The molecular weight excluding hydrogens is 290 g/mol. The molecule has 0 spiro atoms. The number of aromatic nitrogens is 3. The molecule has 1 saturated heterocycles. The van der Waals surface area contributed by atoms with Crippen molar-refractivity contribution >= 4 is 23.6 Å². The Kier molecular flexibility index (Phi) is 6.04. The van der Waals surface area contributed by atoms with E-state index in [1.807, 2.05) is 16.1 Å². The van der Waals surface area contributed by atoms with Crippen molar-refractivity contribution in [1.29, 1.82) is 0 Å². The van der Waals surface area contributed by atoms with E-state index < -0.39 is 0 Å². The van der Waals surface area contributed by atoms with E-state index >= 15 is 0 Å². The predicted octanol–water partition coefficient (Wildman–Crippen LogP) is 0.0921. The van der Waals surface area contributed by atoms with Gasteiger partial charge in [-0.2, -0.15) is 11.8 Å². The third-order valence-corrected chi connectivity index (χ3v) is 4.06. The van der Waals surface area contributed by atoms with Crippen molar-refractivity contribution in [2.45, 2.75) is 19.4 Å². The molecule has 2 heterocycles. The molecule has 0 bridgehead atoms. The van der Waals surface area contributed by atoms with Crippen LogP contribution in [0.3, 0.4) is 0 Å². The molecule has 0 atom stereocenters. The smallest absolute Gasteiger partial charge is 0.232 e. The highest BCUT2D eigenvalue weighted by Gasteiger charge is 2.21. The maximum atomic E-state index is 12.2. The van der Waals surface area contributed by atoms with Gasteiger partial charge in [-0.25, -0.2) is 0 Å². The second-order valence-electron chi connectivity index (χ2n) is 5.00. The van der Waals surface area contributed by atoms with Crippen LogP contribution in [-0.4, -0.2) is 74.6 Å². The Labute approximate surface area is 128 Å². The van der Waals surface area contributed by atoms with E-state index in [4.69, 9.17) is 0 Å². The number of amides is 2. The average molecular weight is 311 g/mol. The maximum Gasteiger partial charge on any atom is 0.232 e. The molecule has 0 aromatic carbocycles. The molecule has 0 aliphatic carbocycles. The fourth-order valence-corrected chi connectivity index (χ4v) is 2.78. The molecule has 1 aromatic rings. The van der Waals surface area contributed by atoms with Gasteiger partial charge in [0.1, 0.15) is 12.7 Å². The molecule has 2 amide bonds. The largest absolute Gasteiger partial charge is 0.341 e. The quantitative estimate of drug-likeness (QED) is 0.771. The van der Waals surface area contributed by atoms with Crippen LogP contribution in [-0.2, 0) is 16.1 Å². The average Bonchev–Trinajstić information content (AvgIpc) is 2.87. The first-order chi connectivity index (χ1) is 10.2. The van der Waals surface area contributed by atoms with Crippen molar-refractivity contribution in [3.8, 4) is 0 Å². The SMILES string of the molecule is CSCC(=O)N1CCCN(C(=O)CCn2cnnc2)CC1. The van der Waals surface area contributed by atoms with Gasteiger partial charge in [0, 0.05) is 39.1 Å². The van der Waals surface area contributed by atoms with Crippen LogP contribution in [0, 0.1) is 0 Å². The van der Waals surface area contributed by atoms with Gasteiger partial charge < -0.3 is 14.4 Å². The molecule has 8 heteroatoms. The van der Waals surface area contributed by atoms with Crippen LogP contribution in [0.15, 0.2) is 12.7 Å². The molecule has 0 saturated carbocycles.